The van der Waals surface area contributed by atoms with Gasteiger partial charge in [-0.05, 0) is 54.7 Å². The fraction of sp³-hybridized carbons (Fsp3) is 0.385. The summed E-state index contributed by atoms with van der Waals surface area (Å²) in [5.41, 5.74) is -0.818. The number of anilines is 1. The molecule has 9 heteroatoms. The fourth-order valence-electron chi connectivity index (χ4n) is 4.25. The van der Waals surface area contributed by atoms with Crippen molar-refractivity contribution >= 4 is 17.5 Å². The van der Waals surface area contributed by atoms with E-state index in [4.69, 9.17) is 15.9 Å². The largest absolute Gasteiger partial charge is 0.493 e. The SMILES string of the molecule is C#CC(=O)N(c1cccc(C(F)(F)F)c1)C(C(=O)NC1CCCCC1)c1ccc(OC)c(OC)c1. The summed E-state index contributed by atoms with van der Waals surface area (Å²) in [7, 11) is 2.86. The zero-order valence-electron chi connectivity index (χ0n) is 19.5. The van der Waals surface area contributed by atoms with Gasteiger partial charge in [-0.3, -0.25) is 14.5 Å². The van der Waals surface area contributed by atoms with Crippen molar-refractivity contribution in [3.63, 3.8) is 0 Å². The van der Waals surface area contributed by atoms with E-state index in [1.54, 1.807) is 12.1 Å². The minimum absolute atomic E-state index is 0.108. The first-order valence-electron chi connectivity index (χ1n) is 11.2. The van der Waals surface area contributed by atoms with Crippen LogP contribution in [0.15, 0.2) is 42.5 Å². The number of rotatable bonds is 7. The molecule has 2 aromatic carbocycles. The van der Waals surface area contributed by atoms with Crippen LogP contribution in [-0.2, 0) is 15.8 Å². The molecule has 0 saturated heterocycles. The van der Waals surface area contributed by atoms with E-state index in [0.717, 1.165) is 49.1 Å². The van der Waals surface area contributed by atoms with Crippen LogP contribution in [0.3, 0.4) is 0 Å². The van der Waals surface area contributed by atoms with Gasteiger partial charge >= 0.3 is 12.1 Å². The van der Waals surface area contributed by atoms with E-state index in [9.17, 15) is 22.8 Å². The standard InChI is InChI=1S/C26H27F3N2O4/c1-4-23(32)31(20-12-8-9-18(16-20)26(27,28)29)24(25(33)30-19-10-6-5-7-11-19)17-13-14-21(34-2)22(15-17)35-3/h1,8-9,12-16,19,24H,5-7,10-11H2,2-3H3,(H,30,33). The highest BCUT2D eigenvalue weighted by molar-refractivity contribution is 6.09. The summed E-state index contributed by atoms with van der Waals surface area (Å²) in [5.74, 6) is 1.12. The summed E-state index contributed by atoms with van der Waals surface area (Å²) < 4.78 is 50.9. The first-order chi connectivity index (χ1) is 16.7. The molecule has 1 saturated carbocycles. The van der Waals surface area contributed by atoms with Gasteiger partial charge in [0, 0.05) is 11.7 Å². The van der Waals surface area contributed by atoms with Crippen LogP contribution in [0, 0.1) is 12.3 Å². The molecule has 1 N–H and O–H groups in total. The van der Waals surface area contributed by atoms with Crippen molar-refractivity contribution < 1.29 is 32.2 Å². The highest BCUT2D eigenvalue weighted by Gasteiger charge is 2.36. The van der Waals surface area contributed by atoms with Crippen LogP contribution < -0.4 is 19.7 Å². The average Bonchev–Trinajstić information content (AvgIpc) is 2.86. The quantitative estimate of drug-likeness (QED) is 0.565. The van der Waals surface area contributed by atoms with Gasteiger partial charge in [-0.15, -0.1) is 6.42 Å². The van der Waals surface area contributed by atoms with Gasteiger partial charge in [-0.1, -0.05) is 31.4 Å². The normalized spacial score (nSPS) is 15.0. The summed E-state index contributed by atoms with van der Waals surface area (Å²) >= 11 is 0. The summed E-state index contributed by atoms with van der Waals surface area (Å²) in [5, 5.41) is 2.96. The molecule has 35 heavy (non-hydrogen) atoms. The van der Waals surface area contributed by atoms with Crippen molar-refractivity contribution in [3.8, 4) is 23.8 Å². The highest BCUT2D eigenvalue weighted by atomic mass is 19.4. The lowest BCUT2D eigenvalue weighted by Gasteiger charge is -2.32. The molecule has 0 spiro atoms. The van der Waals surface area contributed by atoms with Crippen LogP contribution in [0.5, 0.6) is 11.5 Å². The van der Waals surface area contributed by atoms with Crippen molar-refractivity contribution in [2.45, 2.75) is 50.4 Å². The van der Waals surface area contributed by atoms with E-state index in [0.29, 0.717) is 11.3 Å². The van der Waals surface area contributed by atoms with E-state index in [-0.39, 0.29) is 17.5 Å². The second-order valence-corrected chi connectivity index (χ2v) is 8.23. The number of amides is 2. The number of benzene rings is 2. The maximum atomic E-state index is 13.6. The van der Waals surface area contributed by atoms with E-state index >= 15 is 0 Å². The smallest absolute Gasteiger partial charge is 0.416 e. The number of hydrogen-bond donors (Lipinski definition) is 1. The van der Waals surface area contributed by atoms with E-state index in [2.05, 4.69) is 5.32 Å². The third-order valence-corrected chi connectivity index (χ3v) is 5.98. The summed E-state index contributed by atoms with van der Waals surface area (Å²) in [4.78, 5) is 27.5. The number of carbonyl (C=O) groups is 2. The Morgan fingerprint density at radius 1 is 1.06 bits per heavy atom. The summed E-state index contributed by atoms with van der Waals surface area (Å²) in [6.45, 7) is 0. The van der Waals surface area contributed by atoms with E-state index in [1.807, 2.05) is 5.92 Å². The monoisotopic (exact) mass is 488 g/mol. The van der Waals surface area contributed by atoms with Crippen molar-refractivity contribution in [2.75, 3.05) is 19.1 Å². The Labute approximate surface area is 202 Å². The zero-order valence-corrected chi connectivity index (χ0v) is 19.5. The molecule has 2 aromatic rings. The van der Waals surface area contributed by atoms with Gasteiger partial charge in [-0.2, -0.15) is 13.2 Å². The number of ether oxygens (including phenoxy) is 2. The van der Waals surface area contributed by atoms with Crippen LogP contribution in [0.1, 0.15) is 49.3 Å². The second-order valence-electron chi connectivity index (χ2n) is 8.23. The van der Waals surface area contributed by atoms with Crippen LogP contribution >= 0.6 is 0 Å². The van der Waals surface area contributed by atoms with Crippen molar-refractivity contribution in [3.05, 3.63) is 53.6 Å². The number of hydrogen-bond acceptors (Lipinski definition) is 4. The first-order valence-corrected chi connectivity index (χ1v) is 11.2. The van der Waals surface area contributed by atoms with Crippen LogP contribution in [-0.4, -0.2) is 32.1 Å². The molecule has 1 unspecified atom stereocenters. The van der Waals surface area contributed by atoms with Gasteiger partial charge in [0.15, 0.2) is 11.5 Å². The van der Waals surface area contributed by atoms with Crippen molar-refractivity contribution in [2.24, 2.45) is 0 Å². The van der Waals surface area contributed by atoms with E-state index < -0.39 is 29.6 Å². The summed E-state index contributed by atoms with van der Waals surface area (Å²) in [6.07, 6.45) is 5.27. The number of nitrogens with one attached hydrogen (secondary N) is 1. The Hall–Kier alpha value is -3.67. The lowest BCUT2D eigenvalue weighted by Crippen LogP contribution is -2.47. The lowest BCUT2D eigenvalue weighted by atomic mass is 9.94. The molecule has 2 amide bonds. The minimum atomic E-state index is -4.65. The Morgan fingerprint density at radius 2 is 1.74 bits per heavy atom. The molecule has 0 heterocycles. The molecule has 0 radical (unpaired) electrons. The average molecular weight is 489 g/mol. The minimum Gasteiger partial charge on any atom is -0.493 e. The van der Waals surface area contributed by atoms with Crippen molar-refractivity contribution in [1.82, 2.24) is 5.32 Å². The van der Waals surface area contributed by atoms with Gasteiger partial charge < -0.3 is 14.8 Å². The second kappa shape index (κ2) is 11.2. The Bertz CT molecular complexity index is 1100. The van der Waals surface area contributed by atoms with Crippen LogP contribution in [0.4, 0.5) is 18.9 Å². The molecule has 0 bridgehead atoms. The molecule has 1 aliphatic rings. The number of alkyl halides is 3. The maximum Gasteiger partial charge on any atom is 0.416 e. The van der Waals surface area contributed by atoms with Gasteiger partial charge in [0.25, 0.3) is 0 Å². The summed E-state index contributed by atoms with van der Waals surface area (Å²) in [6, 6.07) is 7.33. The zero-order chi connectivity index (χ0) is 25.6. The molecular formula is C26H27F3N2O4. The first kappa shape index (κ1) is 25.9. The van der Waals surface area contributed by atoms with Crippen molar-refractivity contribution in [1.29, 1.82) is 0 Å². The molecule has 186 valence electrons. The topological polar surface area (TPSA) is 67.9 Å². The van der Waals surface area contributed by atoms with Crippen LogP contribution in [0.25, 0.3) is 0 Å². The Kier molecular flexibility index (Phi) is 8.28. The third-order valence-electron chi connectivity index (χ3n) is 5.98. The molecule has 0 aromatic heterocycles. The molecule has 0 aliphatic heterocycles. The van der Waals surface area contributed by atoms with Gasteiger partial charge in [0.05, 0.1) is 19.8 Å². The number of terminal acetylenes is 1. The molecule has 1 aliphatic carbocycles. The molecule has 3 rings (SSSR count). The molecule has 6 nitrogen and oxygen atoms in total. The predicted octanol–water partition coefficient (Wildman–Crippen LogP) is 4.88. The Morgan fingerprint density at radius 3 is 2.34 bits per heavy atom. The number of nitrogens with zero attached hydrogens (tertiary/aromatic N) is 1. The molecule has 1 atom stereocenters. The van der Waals surface area contributed by atoms with Gasteiger partial charge in [-0.25, -0.2) is 0 Å². The highest BCUT2D eigenvalue weighted by Crippen LogP contribution is 2.37. The molecular weight excluding hydrogens is 461 g/mol. The third kappa shape index (κ3) is 6.07. The maximum absolute atomic E-state index is 13.6. The Balaban J connectivity index is 2.14. The van der Waals surface area contributed by atoms with Gasteiger partial charge in [0.1, 0.15) is 6.04 Å². The molecule has 1 fully saturated rings. The van der Waals surface area contributed by atoms with Gasteiger partial charge in [0.2, 0.25) is 5.91 Å². The fourth-order valence-corrected chi connectivity index (χ4v) is 4.25. The lowest BCUT2D eigenvalue weighted by molar-refractivity contribution is -0.137. The number of methoxy groups -OCH3 is 2. The number of carbonyl (C=O) groups excluding carboxylic acids is 2. The number of halogens is 3. The predicted molar refractivity (Wildman–Crippen MR) is 125 cm³/mol. The van der Waals surface area contributed by atoms with Crippen LogP contribution in [0.2, 0.25) is 0 Å². The van der Waals surface area contributed by atoms with E-state index in [1.165, 1.54) is 32.4 Å².